The van der Waals surface area contributed by atoms with Crippen molar-refractivity contribution in [1.29, 1.82) is 0 Å². The first-order valence-electron chi connectivity index (χ1n) is 15.0. The summed E-state index contributed by atoms with van der Waals surface area (Å²) in [6.45, 7) is 6.45. The zero-order valence-electron chi connectivity index (χ0n) is 24.9. The fraction of sp³-hybridized carbons (Fsp3) is 0.400. The summed E-state index contributed by atoms with van der Waals surface area (Å²) in [4.78, 5) is 30.1. The second-order valence-corrected chi connectivity index (χ2v) is 11.8. The van der Waals surface area contributed by atoms with E-state index >= 15 is 0 Å². The molecule has 1 fully saturated rings. The van der Waals surface area contributed by atoms with Crippen molar-refractivity contribution >= 4 is 29.3 Å². The normalized spacial score (nSPS) is 15.2. The topological polar surface area (TPSA) is 77.5 Å². The molecule has 0 saturated heterocycles. The number of ether oxygens (including phenoxy) is 2. The molecule has 4 rings (SSSR count). The van der Waals surface area contributed by atoms with Gasteiger partial charge in [-0.2, -0.15) is 0 Å². The molecule has 222 valence electrons. The summed E-state index contributed by atoms with van der Waals surface area (Å²) in [6, 6.07) is 18.2. The molecule has 1 aromatic heterocycles. The number of nitrogens with one attached hydrogen (secondary N) is 1. The van der Waals surface area contributed by atoms with Crippen LogP contribution in [0, 0.1) is 5.92 Å². The third-order valence-electron chi connectivity index (χ3n) is 7.41. The Balaban J connectivity index is 1.45. The van der Waals surface area contributed by atoms with Crippen molar-refractivity contribution in [2.75, 3.05) is 13.2 Å². The predicted molar refractivity (Wildman–Crippen MR) is 169 cm³/mol. The Kier molecular flexibility index (Phi) is 11.9. The van der Waals surface area contributed by atoms with Crippen LogP contribution in [-0.2, 0) is 27.2 Å². The molecule has 0 unspecified atom stereocenters. The summed E-state index contributed by atoms with van der Waals surface area (Å²) >= 11 is 1.55. The van der Waals surface area contributed by atoms with Crippen molar-refractivity contribution in [3.8, 4) is 5.75 Å². The van der Waals surface area contributed by atoms with Gasteiger partial charge in [0.05, 0.1) is 24.9 Å². The number of nitrogens with zero attached hydrogens (tertiary/aromatic N) is 1. The molecular weight excluding hydrogens is 544 g/mol. The average Bonchev–Trinajstić information content (AvgIpc) is 3.47. The minimum Gasteiger partial charge on any atom is -0.493 e. The molecule has 1 N–H and O–H groups in total. The van der Waals surface area contributed by atoms with Gasteiger partial charge < -0.3 is 14.8 Å². The first-order valence-corrected chi connectivity index (χ1v) is 15.8. The van der Waals surface area contributed by atoms with E-state index < -0.39 is 0 Å². The molecule has 7 heteroatoms. The lowest BCUT2D eigenvalue weighted by Crippen LogP contribution is -2.35. The number of carbonyl (C=O) groups excluding carboxylic acids is 2. The van der Waals surface area contributed by atoms with Gasteiger partial charge in [-0.3, -0.25) is 4.79 Å². The monoisotopic (exact) mass is 586 g/mol. The number of hydrogen-bond acceptors (Lipinski definition) is 6. The van der Waals surface area contributed by atoms with Crippen LogP contribution in [0.1, 0.15) is 80.7 Å². The zero-order chi connectivity index (χ0) is 29.7. The highest BCUT2D eigenvalue weighted by Gasteiger charge is 2.25. The number of benzene rings is 2. The van der Waals surface area contributed by atoms with Gasteiger partial charge in [-0.15, -0.1) is 11.3 Å². The second kappa shape index (κ2) is 16.1. The summed E-state index contributed by atoms with van der Waals surface area (Å²) in [5, 5.41) is 6.19. The van der Waals surface area contributed by atoms with Gasteiger partial charge in [0.15, 0.2) is 0 Å². The van der Waals surface area contributed by atoms with Crippen LogP contribution in [-0.4, -0.2) is 30.1 Å². The van der Waals surface area contributed by atoms with Gasteiger partial charge in [0, 0.05) is 23.3 Å². The van der Waals surface area contributed by atoms with Gasteiger partial charge in [-0.1, -0.05) is 61.7 Å². The Hall–Kier alpha value is -3.71. The number of hydrogen-bond donors (Lipinski definition) is 1. The quantitative estimate of drug-likeness (QED) is 0.126. The number of aromatic nitrogens is 1. The molecule has 2 aromatic carbocycles. The van der Waals surface area contributed by atoms with Crippen LogP contribution >= 0.6 is 11.3 Å². The van der Waals surface area contributed by atoms with Gasteiger partial charge in [0.2, 0.25) is 5.91 Å². The molecule has 1 atom stereocenters. The van der Waals surface area contributed by atoms with Crippen LogP contribution in [0.4, 0.5) is 0 Å². The summed E-state index contributed by atoms with van der Waals surface area (Å²) in [6.07, 6.45) is 10.6. The predicted octanol–water partition coefficient (Wildman–Crippen LogP) is 7.66. The highest BCUT2D eigenvalue weighted by Crippen LogP contribution is 2.28. The number of thiazole rings is 1. The molecule has 0 spiro atoms. The van der Waals surface area contributed by atoms with Crippen molar-refractivity contribution in [3.63, 3.8) is 0 Å². The van der Waals surface area contributed by atoms with E-state index in [1.165, 1.54) is 12.0 Å². The number of esters is 1. The molecule has 0 bridgehead atoms. The lowest BCUT2D eigenvalue weighted by atomic mass is 9.88. The van der Waals surface area contributed by atoms with E-state index in [4.69, 9.17) is 14.5 Å². The van der Waals surface area contributed by atoms with Crippen molar-refractivity contribution < 1.29 is 19.1 Å². The maximum atomic E-state index is 13.3. The fourth-order valence-electron chi connectivity index (χ4n) is 5.19. The SMILES string of the molecule is CCOC(=O)/C(C)=C\C(C)=C\c1csc([C@H](Cc2ccc(OCCc3ccccc3)cc2)NC(=O)C2CCCCC2)n1. The molecule has 6 nitrogen and oxygen atoms in total. The van der Waals surface area contributed by atoms with Gasteiger partial charge in [0.25, 0.3) is 0 Å². The van der Waals surface area contributed by atoms with E-state index in [0.29, 0.717) is 25.2 Å². The Labute approximate surface area is 253 Å². The second-order valence-electron chi connectivity index (χ2n) is 10.9. The van der Waals surface area contributed by atoms with Crippen LogP contribution < -0.4 is 10.1 Å². The molecule has 0 radical (unpaired) electrons. The number of carbonyl (C=O) groups is 2. The first kappa shape index (κ1) is 31.2. The van der Waals surface area contributed by atoms with Crippen LogP contribution in [0.2, 0.25) is 0 Å². The number of amides is 1. The van der Waals surface area contributed by atoms with Crippen LogP contribution in [0.25, 0.3) is 6.08 Å². The average molecular weight is 587 g/mol. The Morgan fingerprint density at radius 2 is 1.76 bits per heavy atom. The minimum absolute atomic E-state index is 0.0687. The summed E-state index contributed by atoms with van der Waals surface area (Å²) < 4.78 is 11.1. The van der Waals surface area contributed by atoms with Crippen molar-refractivity contribution in [1.82, 2.24) is 10.3 Å². The summed E-state index contributed by atoms with van der Waals surface area (Å²) in [5.74, 6) is 0.708. The number of allylic oxidation sites excluding steroid dienone is 2. The fourth-order valence-corrected chi connectivity index (χ4v) is 6.02. The van der Waals surface area contributed by atoms with Crippen LogP contribution in [0.3, 0.4) is 0 Å². The van der Waals surface area contributed by atoms with E-state index in [9.17, 15) is 9.59 Å². The standard InChI is InChI=1S/C35H42N2O4S/c1-4-40-35(39)26(3)21-25(2)22-30-24-42-34(36-30)32(37-33(38)29-13-9-6-10-14-29)23-28-15-17-31(18-16-28)41-20-19-27-11-7-5-8-12-27/h5,7-8,11-12,15-18,21-22,24,29,32H,4,6,9-10,13-14,19-20,23H2,1-3H3,(H,37,38)/b25-22+,26-21-/t32-/m0/s1. The van der Waals surface area contributed by atoms with Crippen molar-refractivity contribution in [2.45, 2.75) is 71.8 Å². The van der Waals surface area contributed by atoms with Gasteiger partial charge in [-0.05, 0) is 81.0 Å². The Morgan fingerprint density at radius 1 is 1.02 bits per heavy atom. The van der Waals surface area contributed by atoms with E-state index in [1.807, 2.05) is 54.8 Å². The van der Waals surface area contributed by atoms with E-state index in [-0.39, 0.29) is 23.8 Å². The third-order valence-corrected chi connectivity index (χ3v) is 8.39. The summed E-state index contributed by atoms with van der Waals surface area (Å²) in [5.41, 5.74) is 4.62. The lowest BCUT2D eigenvalue weighted by molar-refractivity contribution is -0.138. The van der Waals surface area contributed by atoms with Gasteiger partial charge in [-0.25, -0.2) is 9.78 Å². The van der Waals surface area contributed by atoms with E-state index in [1.54, 1.807) is 25.2 Å². The molecule has 0 aliphatic heterocycles. The minimum atomic E-state index is -0.317. The van der Waals surface area contributed by atoms with Crippen molar-refractivity contribution in [3.05, 3.63) is 99.0 Å². The zero-order valence-corrected chi connectivity index (χ0v) is 25.8. The lowest BCUT2D eigenvalue weighted by Gasteiger charge is -2.24. The highest BCUT2D eigenvalue weighted by atomic mass is 32.1. The van der Waals surface area contributed by atoms with E-state index in [0.717, 1.165) is 59.7 Å². The van der Waals surface area contributed by atoms with Gasteiger partial charge in [0.1, 0.15) is 10.8 Å². The Bertz CT molecular complexity index is 1360. The third kappa shape index (κ3) is 9.69. The smallest absolute Gasteiger partial charge is 0.333 e. The van der Waals surface area contributed by atoms with Gasteiger partial charge >= 0.3 is 5.97 Å². The molecule has 1 saturated carbocycles. The summed E-state index contributed by atoms with van der Waals surface area (Å²) in [7, 11) is 0. The number of rotatable bonds is 13. The largest absolute Gasteiger partial charge is 0.493 e. The molecule has 3 aromatic rings. The highest BCUT2D eigenvalue weighted by molar-refractivity contribution is 7.09. The molecular formula is C35H42N2O4S. The first-order chi connectivity index (χ1) is 20.4. The Morgan fingerprint density at radius 3 is 2.48 bits per heavy atom. The molecule has 42 heavy (non-hydrogen) atoms. The van der Waals surface area contributed by atoms with Crippen LogP contribution in [0.15, 0.2) is 77.2 Å². The molecule has 1 aliphatic rings. The maximum Gasteiger partial charge on any atom is 0.333 e. The molecule has 1 aliphatic carbocycles. The molecule has 1 heterocycles. The molecule has 1 amide bonds. The van der Waals surface area contributed by atoms with Crippen molar-refractivity contribution in [2.24, 2.45) is 5.92 Å². The van der Waals surface area contributed by atoms with Crippen LogP contribution in [0.5, 0.6) is 5.75 Å². The van der Waals surface area contributed by atoms with E-state index in [2.05, 4.69) is 29.6 Å². The maximum absolute atomic E-state index is 13.3.